The van der Waals surface area contributed by atoms with Gasteiger partial charge in [-0.2, -0.15) is 5.10 Å². The summed E-state index contributed by atoms with van der Waals surface area (Å²) in [4.78, 5) is 0. The zero-order valence-corrected chi connectivity index (χ0v) is 16.3. The minimum atomic E-state index is 0.699. The van der Waals surface area contributed by atoms with E-state index in [1.807, 2.05) is 36.4 Å². The largest absolute Gasteiger partial charge is 0.493 e. The van der Waals surface area contributed by atoms with Gasteiger partial charge in [-0.05, 0) is 34.7 Å². The predicted molar refractivity (Wildman–Crippen MR) is 118 cm³/mol. The standard InChI is InChI=1S/C25H20N2O2/c1-28-21-14-18-13-19(16-9-5-3-6-10-16)23-24(17-11-7-4-8-12-17)26-27-25(23)20(18)15-22(21)29-2/h3-15H,1-2H3,(H,26,27). The van der Waals surface area contributed by atoms with Gasteiger partial charge in [0.15, 0.2) is 11.5 Å². The van der Waals surface area contributed by atoms with E-state index < -0.39 is 0 Å². The first-order valence-electron chi connectivity index (χ1n) is 9.48. The van der Waals surface area contributed by atoms with Crippen molar-refractivity contribution in [1.82, 2.24) is 10.2 Å². The summed E-state index contributed by atoms with van der Waals surface area (Å²) in [7, 11) is 3.31. The van der Waals surface area contributed by atoms with E-state index in [1.54, 1.807) is 14.2 Å². The molecule has 0 aliphatic heterocycles. The van der Waals surface area contributed by atoms with E-state index in [1.165, 1.54) is 0 Å². The highest BCUT2D eigenvalue weighted by Crippen LogP contribution is 2.42. The van der Waals surface area contributed by atoms with E-state index in [-0.39, 0.29) is 0 Å². The highest BCUT2D eigenvalue weighted by molar-refractivity contribution is 6.16. The van der Waals surface area contributed by atoms with Crippen molar-refractivity contribution >= 4 is 21.7 Å². The maximum absolute atomic E-state index is 5.54. The van der Waals surface area contributed by atoms with Gasteiger partial charge in [0, 0.05) is 16.3 Å². The number of hydrogen-bond acceptors (Lipinski definition) is 3. The van der Waals surface area contributed by atoms with Crippen LogP contribution in [0, 0.1) is 0 Å². The molecule has 0 saturated heterocycles. The second-order valence-electron chi connectivity index (χ2n) is 6.91. The number of rotatable bonds is 4. The first kappa shape index (κ1) is 17.3. The summed E-state index contributed by atoms with van der Waals surface area (Å²) in [6, 6.07) is 26.9. The van der Waals surface area contributed by atoms with Crippen molar-refractivity contribution < 1.29 is 9.47 Å². The fraction of sp³-hybridized carbons (Fsp3) is 0.0800. The molecule has 29 heavy (non-hydrogen) atoms. The lowest BCUT2D eigenvalue weighted by Crippen LogP contribution is -1.92. The zero-order chi connectivity index (χ0) is 19.8. The summed E-state index contributed by atoms with van der Waals surface area (Å²) < 4.78 is 11.1. The Kier molecular flexibility index (Phi) is 4.17. The average molecular weight is 380 g/mol. The Bertz CT molecular complexity index is 1310. The van der Waals surface area contributed by atoms with Crippen LogP contribution in [0.1, 0.15) is 0 Å². The molecule has 0 bridgehead atoms. The number of nitrogens with one attached hydrogen (secondary N) is 1. The van der Waals surface area contributed by atoms with Gasteiger partial charge in [-0.1, -0.05) is 60.7 Å². The molecule has 4 aromatic carbocycles. The summed E-state index contributed by atoms with van der Waals surface area (Å²) >= 11 is 0. The van der Waals surface area contributed by atoms with Gasteiger partial charge in [0.2, 0.25) is 0 Å². The van der Waals surface area contributed by atoms with Crippen molar-refractivity contribution in [3.8, 4) is 33.9 Å². The monoisotopic (exact) mass is 380 g/mol. The fourth-order valence-corrected chi connectivity index (χ4v) is 3.91. The SMILES string of the molecule is COc1cc2cc(-c3ccccc3)c3c(-c4ccccc4)n[nH]c3c2cc1OC. The molecule has 142 valence electrons. The van der Waals surface area contributed by atoms with Crippen LogP contribution in [0.25, 0.3) is 44.1 Å². The molecule has 0 fully saturated rings. The highest BCUT2D eigenvalue weighted by Gasteiger charge is 2.18. The van der Waals surface area contributed by atoms with Crippen LogP contribution < -0.4 is 9.47 Å². The normalized spacial score (nSPS) is 11.1. The van der Waals surface area contributed by atoms with Crippen LogP contribution in [-0.4, -0.2) is 24.4 Å². The molecule has 0 radical (unpaired) electrons. The Morgan fingerprint density at radius 1 is 0.724 bits per heavy atom. The van der Waals surface area contributed by atoms with Gasteiger partial charge >= 0.3 is 0 Å². The highest BCUT2D eigenvalue weighted by atomic mass is 16.5. The third-order valence-corrected chi connectivity index (χ3v) is 5.29. The number of hydrogen-bond donors (Lipinski definition) is 1. The quantitative estimate of drug-likeness (QED) is 0.412. The Morgan fingerprint density at radius 3 is 2.00 bits per heavy atom. The molecule has 0 spiro atoms. The van der Waals surface area contributed by atoms with Gasteiger partial charge in [-0.3, -0.25) is 5.10 Å². The van der Waals surface area contributed by atoms with Gasteiger partial charge in [-0.25, -0.2) is 0 Å². The molecular weight excluding hydrogens is 360 g/mol. The van der Waals surface area contributed by atoms with Crippen molar-refractivity contribution in [3.05, 3.63) is 78.9 Å². The van der Waals surface area contributed by atoms with Crippen molar-refractivity contribution in [1.29, 1.82) is 0 Å². The Balaban J connectivity index is 1.92. The third kappa shape index (κ3) is 2.81. The van der Waals surface area contributed by atoms with Crippen LogP contribution in [0.2, 0.25) is 0 Å². The van der Waals surface area contributed by atoms with E-state index in [0.717, 1.165) is 44.1 Å². The number of benzene rings is 4. The molecule has 4 heteroatoms. The second kappa shape index (κ2) is 6.99. The lowest BCUT2D eigenvalue weighted by atomic mass is 9.93. The van der Waals surface area contributed by atoms with Crippen LogP contribution in [0.5, 0.6) is 11.5 Å². The number of aromatic nitrogens is 2. The molecule has 1 aromatic heterocycles. The molecule has 0 aliphatic rings. The average Bonchev–Trinajstić information content (AvgIpc) is 3.24. The van der Waals surface area contributed by atoms with Gasteiger partial charge in [0.25, 0.3) is 0 Å². The van der Waals surface area contributed by atoms with Gasteiger partial charge in [-0.15, -0.1) is 0 Å². The van der Waals surface area contributed by atoms with Crippen LogP contribution in [0.4, 0.5) is 0 Å². The maximum atomic E-state index is 5.54. The molecule has 0 aliphatic carbocycles. The molecule has 1 heterocycles. The number of ether oxygens (including phenoxy) is 2. The fourth-order valence-electron chi connectivity index (χ4n) is 3.91. The minimum absolute atomic E-state index is 0.699. The Hall–Kier alpha value is -3.79. The van der Waals surface area contributed by atoms with Gasteiger partial charge in [0.1, 0.15) is 5.69 Å². The summed E-state index contributed by atoms with van der Waals surface area (Å²) in [5, 5.41) is 11.2. The molecule has 0 atom stereocenters. The van der Waals surface area contributed by atoms with E-state index in [0.29, 0.717) is 11.5 Å². The molecule has 5 aromatic rings. The number of methoxy groups -OCH3 is 2. The molecule has 0 amide bonds. The van der Waals surface area contributed by atoms with Crippen molar-refractivity contribution in [2.24, 2.45) is 0 Å². The number of H-pyrrole nitrogens is 1. The number of aromatic amines is 1. The van der Waals surface area contributed by atoms with Crippen LogP contribution >= 0.6 is 0 Å². The molecular formula is C25H20N2O2. The minimum Gasteiger partial charge on any atom is -0.493 e. The molecule has 0 unspecified atom stereocenters. The first-order chi connectivity index (χ1) is 14.3. The predicted octanol–water partition coefficient (Wildman–Crippen LogP) is 6.07. The Labute approximate surface area is 168 Å². The Morgan fingerprint density at radius 2 is 1.34 bits per heavy atom. The summed E-state index contributed by atoms with van der Waals surface area (Å²) in [5.41, 5.74) is 5.29. The van der Waals surface area contributed by atoms with Gasteiger partial charge in [0.05, 0.1) is 19.7 Å². The van der Waals surface area contributed by atoms with E-state index in [4.69, 9.17) is 14.6 Å². The van der Waals surface area contributed by atoms with Crippen molar-refractivity contribution in [2.75, 3.05) is 14.2 Å². The van der Waals surface area contributed by atoms with Crippen LogP contribution in [-0.2, 0) is 0 Å². The lowest BCUT2D eigenvalue weighted by Gasteiger charge is -2.13. The molecule has 0 saturated carbocycles. The number of fused-ring (bicyclic) bond motifs is 3. The van der Waals surface area contributed by atoms with E-state index in [9.17, 15) is 0 Å². The topological polar surface area (TPSA) is 47.1 Å². The van der Waals surface area contributed by atoms with Crippen LogP contribution in [0.3, 0.4) is 0 Å². The van der Waals surface area contributed by atoms with Crippen molar-refractivity contribution in [2.45, 2.75) is 0 Å². The number of nitrogens with zero attached hydrogens (tertiary/aromatic N) is 1. The summed E-state index contributed by atoms with van der Waals surface area (Å²) in [6.07, 6.45) is 0. The first-order valence-corrected chi connectivity index (χ1v) is 9.48. The molecule has 5 rings (SSSR count). The molecule has 1 N–H and O–H groups in total. The summed E-state index contributed by atoms with van der Waals surface area (Å²) in [6.45, 7) is 0. The maximum Gasteiger partial charge on any atom is 0.161 e. The summed E-state index contributed by atoms with van der Waals surface area (Å²) in [5.74, 6) is 1.41. The van der Waals surface area contributed by atoms with E-state index in [2.05, 4.69) is 47.6 Å². The van der Waals surface area contributed by atoms with Gasteiger partial charge < -0.3 is 9.47 Å². The lowest BCUT2D eigenvalue weighted by molar-refractivity contribution is 0.356. The second-order valence-corrected chi connectivity index (χ2v) is 6.91. The third-order valence-electron chi connectivity index (χ3n) is 5.29. The van der Waals surface area contributed by atoms with Crippen molar-refractivity contribution in [3.63, 3.8) is 0 Å². The molecule has 4 nitrogen and oxygen atoms in total. The van der Waals surface area contributed by atoms with E-state index >= 15 is 0 Å². The zero-order valence-electron chi connectivity index (χ0n) is 16.3. The smallest absolute Gasteiger partial charge is 0.161 e. The van der Waals surface area contributed by atoms with Crippen LogP contribution in [0.15, 0.2) is 78.9 Å².